The fourth-order valence-electron chi connectivity index (χ4n) is 18.6. The first-order chi connectivity index (χ1) is 56.6. The van der Waals surface area contributed by atoms with Crippen molar-refractivity contribution in [3.8, 4) is 90.5 Å². The number of hydrogen-bond donors (Lipinski definition) is 0. The van der Waals surface area contributed by atoms with E-state index in [0.29, 0.717) is 17.5 Å². The van der Waals surface area contributed by atoms with E-state index < -0.39 is 0 Å². The van der Waals surface area contributed by atoms with E-state index >= 15 is 0 Å². The van der Waals surface area contributed by atoms with Crippen LogP contribution >= 0.6 is 0 Å². The number of benzene rings is 17. The molecule has 9 heteroatoms. The van der Waals surface area contributed by atoms with Crippen molar-refractivity contribution in [1.82, 2.24) is 42.4 Å². The number of nitrogens with zero attached hydrogens (tertiary/aromatic N) is 9. The molecule has 114 heavy (non-hydrogen) atoms. The van der Waals surface area contributed by atoms with Gasteiger partial charge in [0, 0.05) is 98.4 Å². The number of hydrogen-bond acceptors (Lipinski definition) is 3. The van der Waals surface area contributed by atoms with Crippen molar-refractivity contribution in [3.05, 3.63) is 394 Å². The van der Waals surface area contributed by atoms with Gasteiger partial charge in [-0.25, -0.2) is 15.0 Å². The summed E-state index contributed by atoms with van der Waals surface area (Å²) in [5.41, 5.74) is 26.4. The summed E-state index contributed by atoms with van der Waals surface area (Å²) in [7, 11) is 0. The molecule has 0 aliphatic rings. The second kappa shape index (κ2) is 25.0. The molecule has 0 aliphatic heterocycles. The highest BCUT2D eigenvalue weighted by Crippen LogP contribution is 2.48. The maximum absolute atomic E-state index is 5.76. The molecule has 0 saturated heterocycles. The Labute approximate surface area is 653 Å². The van der Waals surface area contributed by atoms with Crippen LogP contribution in [0.1, 0.15) is 0 Å². The van der Waals surface area contributed by atoms with Gasteiger partial charge in [-0.05, 0) is 168 Å². The maximum Gasteiger partial charge on any atom is 0.164 e. The average Bonchev–Trinajstić information content (AvgIpc) is 1.53. The smallest absolute Gasteiger partial charge is 0.164 e. The Morgan fingerprint density at radius 2 is 0.386 bits per heavy atom. The van der Waals surface area contributed by atoms with Gasteiger partial charge >= 0.3 is 0 Å². The van der Waals surface area contributed by atoms with Gasteiger partial charge in [0.25, 0.3) is 0 Å². The van der Waals surface area contributed by atoms with Gasteiger partial charge in [-0.1, -0.05) is 249 Å². The standard InChI is InChI=1S/C105H65N9/c1-4-27-66(28-5-1)103-106-104(71-29-26-34-75(59-71)111-88-43-18-10-35-76(88)77-36-11-19-44-89(77)111)108-105(107-103)72-64-100(112-92-47-22-12-37-78(92)79-38-13-23-48-93(79)112)102(101(65-72)113-94-49-24-14-39-80(94)81-40-15-25-50-95(81)113)114-98-57-53-69(67-51-55-96-84(60-67)82-41-16-20-45-90(82)109(96)73-30-6-2-7-31-73)62-86(98)87-63-70(54-58-99(87)114)68-52-56-97-85(61-68)83-42-17-21-46-91(83)110(97)74-32-8-3-9-33-74/h1-65H. The van der Waals surface area contributed by atoms with Crippen LogP contribution in [0, 0.1) is 0 Å². The van der Waals surface area contributed by atoms with Crippen LogP contribution in [0.3, 0.4) is 0 Å². The van der Waals surface area contributed by atoms with Crippen molar-refractivity contribution < 1.29 is 0 Å². The normalized spacial score (nSPS) is 12.0. The molecule has 0 saturated carbocycles. The molecule has 0 aliphatic carbocycles. The molecule has 7 heterocycles. The van der Waals surface area contributed by atoms with Crippen LogP contribution in [0.25, 0.3) is 221 Å². The number of aromatic nitrogens is 9. The van der Waals surface area contributed by atoms with Crippen LogP contribution in [-0.4, -0.2) is 42.4 Å². The van der Waals surface area contributed by atoms with Gasteiger partial charge in [0.1, 0.15) is 0 Å². The van der Waals surface area contributed by atoms with Crippen molar-refractivity contribution in [1.29, 1.82) is 0 Å². The molecule has 24 rings (SSSR count). The van der Waals surface area contributed by atoms with E-state index in [0.717, 1.165) is 161 Å². The SMILES string of the molecule is c1ccc(-c2nc(-c3cccc(-n4c5ccccc5c5ccccc54)c3)nc(-c3cc(-n4c5ccccc5c5ccccc54)c(-n4c5ccc(-c6ccc7c(c6)c6ccccc6n7-c6ccccc6)cc5c5cc(-c6ccc7c(c6)c6ccccc6n7-c6ccccc6)ccc54)c(-n4c5ccccc5c5ccccc54)c3)n2)cc1. The number of fused-ring (bicyclic) bond motifs is 18. The maximum atomic E-state index is 5.76. The number of rotatable bonds is 11. The molecule has 24 aromatic rings. The van der Waals surface area contributed by atoms with Gasteiger partial charge in [-0.3, -0.25) is 0 Å². The van der Waals surface area contributed by atoms with E-state index in [2.05, 4.69) is 416 Å². The molecule has 0 fully saturated rings. The first-order valence-electron chi connectivity index (χ1n) is 38.9. The second-order valence-corrected chi connectivity index (χ2v) is 29.8. The molecule has 0 bridgehead atoms. The predicted octanol–water partition coefficient (Wildman–Crippen LogP) is 26.8. The van der Waals surface area contributed by atoms with Crippen LogP contribution in [0.5, 0.6) is 0 Å². The first kappa shape index (κ1) is 63.5. The summed E-state index contributed by atoms with van der Waals surface area (Å²) in [6.07, 6.45) is 0. The molecule has 0 amide bonds. The average molecular weight is 1450 g/mol. The molecule has 0 atom stereocenters. The van der Waals surface area contributed by atoms with Crippen molar-refractivity contribution in [3.63, 3.8) is 0 Å². The third-order valence-electron chi connectivity index (χ3n) is 23.6. The minimum absolute atomic E-state index is 0.529. The highest BCUT2D eigenvalue weighted by atomic mass is 15.1. The summed E-state index contributed by atoms with van der Waals surface area (Å²) >= 11 is 0. The largest absolute Gasteiger partial charge is 0.309 e. The van der Waals surface area contributed by atoms with E-state index in [1.165, 1.54) is 43.4 Å². The Hall–Kier alpha value is -15.5. The summed E-state index contributed by atoms with van der Waals surface area (Å²) in [4.78, 5) is 16.9. The molecular weight excluding hydrogens is 1390 g/mol. The fraction of sp³-hybridized carbons (Fsp3) is 0. The van der Waals surface area contributed by atoms with E-state index in [4.69, 9.17) is 15.0 Å². The quantitative estimate of drug-likeness (QED) is 0.130. The molecule has 0 N–H and O–H groups in total. The van der Waals surface area contributed by atoms with E-state index in [-0.39, 0.29) is 0 Å². The zero-order valence-electron chi connectivity index (χ0n) is 61.6. The minimum Gasteiger partial charge on any atom is -0.309 e. The summed E-state index contributed by atoms with van der Waals surface area (Å²) in [5.74, 6) is 1.65. The highest BCUT2D eigenvalue weighted by molar-refractivity contribution is 6.18. The lowest BCUT2D eigenvalue weighted by atomic mass is 9.98. The Morgan fingerprint density at radius 3 is 0.746 bits per heavy atom. The zero-order valence-corrected chi connectivity index (χ0v) is 61.6. The monoisotopic (exact) mass is 1450 g/mol. The Kier molecular flexibility index (Phi) is 13.9. The van der Waals surface area contributed by atoms with Gasteiger partial charge < -0.3 is 27.4 Å². The molecule has 0 spiro atoms. The molecule has 17 aromatic carbocycles. The third kappa shape index (κ3) is 9.63. The van der Waals surface area contributed by atoms with Gasteiger partial charge in [0.2, 0.25) is 0 Å². The van der Waals surface area contributed by atoms with Crippen LogP contribution < -0.4 is 0 Å². The van der Waals surface area contributed by atoms with E-state index in [9.17, 15) is 0 Å². The van der Waals surface area contributed by atoms with E-state index in [1.54, 1.807) is 0 Å². The van der Waals surface area contributed by atoms with Crippen molar-refractivity contribution in [2.75, 3.05) is 0 Å². The van der Waals surface area contributed by atoms with E-state index in [1.807, 2.05) is 6.07 Å². The van der Waals surface area contributed by atoms with Crippen molar-refractivity contribution in [2.45, 2.75) is 0 Å². The molecule has 9 nitrogen and oxygen atoms in total. The van der Waals surface area contributed by atoms with Crippen molar-refractivity contribution in [2.24, 2.45) is 0 Å². The summed E-state index contributed by atoms with van der Waals surface area (Å²) in [5, 5.41) is 14.0. The summed E-state index contributed by atoms with van der Waals surface area (Å²) in [6.45, 7) is 0. The van der Waals surface area contributed by atoms with Gasteiger partial charge in [0.05, 0.1) is 83.3 Å². The Morgan fingerprint density at radius 1 is 0.140 bits per heavy atom. The topological polar surface area (TPSA) is 68.2 Å². The summed E-state index contributed by atoms with van der Waals surface area (Å²) in [6, 6.07) is 144. The minimum atomic E-state index is 0.529. The molecule has 7 aromatic heterocycles. The van der Waals surface area contributed by atoms with Gasteiger partial charge in [-0.15, -0.1) is 0 Å². The second-order valence-electron chi connectivity index (χ2n) is 29.8. The predicted molar refractivity (Wildman–Crippen MR) is 473 cm³/mol. The lowest BCUT2D eigenvalue weighted by Crippen LogP contribution is -2.10. The van der Waals surface area contributed by atoms with Crippen LogP contribution in [0.2, 0.25) is 0 Å². The fourth-order valence-corrected chi connectivity index (χ4v) is 18.6. The van der Waals surface area contributed by atoms with Crippen LogP contribution in [0.15, 0.2) is 394 Å². The van der Waals surface area contributed by atoms with Gasteiger partial charge in [0.15, 0.2) is 17.5 Å². The lowest BCUT2D eigenvalue weighted by molar-refractivity contribution is 1.04. The van der Waals surface area contributed by atoms with Gasteiger partial charge in [-0.2, -0.15) is 0 Å². The Bertz CT molecular complexity index is 7600. The summed E-state index contributed by atoms with van der Waals surface area (Å²) < 4.78 is 14.7. The third-order valence-corrected chi connectivity index (χ3v) is 23.6. The van der Waals surface area contributed by atoms with Crippen LogP contribution in [-0.2, 0) is 0 Å². The Balaban J connectivity index is 0.810. The first-order valence-corrected chi connectivity index (χ1v) is 38.9. The molecule has 0 radical (unpaired) electrons. The molecule has 0 unspecified atom stereocenters. The molecular formula is C105H65N9. The van der Waals surface area contributed by atoms with Crippen LogP contribution in [0.4, 0.5) is 0 Å². The molecule has 530 valence electrons. The van der Waals surface area contributed by atoms with Crippen molar-refractivity contribution >= 4 is 131 Å². The number of para-hydroxylation sites is 10. The zero-order chi connectivity index (χ0) is 74.6. The highest BCUT2D eigenvalue weighted by Gasteiger charge is 2.29. The lowest BCUT2D eigenvalue weighted by Gasteiger charge is -2.23.